The summed E-state index contributed by atoms with van der Waals surface area (Å²) >= 11 is 0. The first kappa shape index (κ1) is 15.1. The largest absolute Gasteiger partial charge is 0.336 e. The molecule has 0 radical (unpaired) electrons. The van der Waals surface area contributed by atoms with Gasteiger partial charge in [-0.2, -0.15) is 0 Å². The van der Waals surface area contributed by atoms with Crippen molar-refractivity contribution in [1.29, 1.82) is 0 Å². The van der Waals surface area contributed by atoms with Crippen LogP contribution in [0, 0.1) is 0 Å². The number of ether oxygens (including phenoxy) is 2. The standard InChI is InChI=1S/C11H27NO2Si/c1-8-12-11(15,13-9(2,3)4)14-10(5,6)7/h12H,8H2,1-7,15H3. The first-order chi connectivity index (χ1) is 6.47. The Kier molecular flexibility index (Phi) is 4.98. The Bertz CT molecular complexity index is 178. The molecular formula is C11H27NO2Si. The average molecular weight is 233 g/mol. The molecule has 0 amide bonds. The highest BCUT2D eigenvalue weighted by atomic mass is 28.1. The second kappa shape index (κ2) is 4.95. The van der Waals surface area contributed by atoms with Gasteiger partial charge in [0.1, 0.15) is 0 Å². The van der Waals surface area contributed by atoms with Crippen LogP contribution in [0.3, 0.4) is 0 Å². The first-order valence-electron chi connectivity index (χ1n) is 5.63. The minimum atomic E-state index is -0.592. The summed E-state index contributed by atoms with van der Waals surface area (Å²) in [5, 5.41) is 3.29. The van der Waals surface area contributed by atoms with Gasteiger partial charge in [-0.3, -0.25) is 5.32 Å². The van der Waals surface area contributed by atoms with Gasteiger partial charge in [0.05, 0.1) is 21.4 Å². The van der Waals surface area contributed by atoms with Gasteiger partial charge < -0.3 is 9.47 Å². The van der Waals surface area contributed by atoms with Gasteiger partial charge in [0.15, 0.2) is 5.53 Å². The molecule has 15 heavy (non-hydrogen) atoms. The predicted octanol–water partition coefficient (Wildman–Crippen LogP) is 1.20. The molecule has 0 bridgehead atoms. The number of rotatable bonds is 4. The molecule has 1 N–H and O–H groups in total. The van der Waals surface area contributed by atoms with Gasteiger partial charge in [0.25, 0.3) is 0 Å². The Hall–Kier alpha value is 0.0969. The molecule has 0 fully saturated rings. The molecule has 0 heterocycles. The molecule has 0 spiro atoms. The lowest BCUT2D eigenvalue weighted by Gasteiger charge is -2.41. The van der Waals surface area contributed by atoms with E-state index in [1.165, 1.54) is 0 Å². The molecule has 0 saturated carbocycles. The van der Waals surface area contributed by atoms with E-state index < -0.39 is 5.53 Å². The molecule has 0 unspecified atom stereocenters. The summed E-state index contributed by atoms with van der Waals surface area (Å²) in [5.41, 5.74) is -0.990. The fraction of sp³-hybridized carbons (Fsp3) is 1.00. The Labute approximate surface area is 97.3 Å². The van der Waals surface area contributed by atoms with Crippen molar-refractivity contribution in [2.45, 2.75) is 65.2 Å². The lowest BCUT2D eigenvalue weighted by Crippen LogP contribution is -2.57. The highest BCUT2D eigenvalue weighted by molar-refractivity contribution is 6.13. The molecule has 0 atom stereocenters. The molecule has 0 aliphatic rings. The maximum atomic E-state index is 5.97. The van der Waals surface area contributed by atoms with E-state index in [1.54, 1.807) is 0 Å². The van der Waals surface area contributed by atoms with Crippen LogP contribution in [0.5, 0.6) is 0 Å². The van der Waals surface area contributed by atoms with Gasteiger partial charge in [0, 0.05) is 0 Å². The van der Waals surface area contributed by atoms with E-state index in [4.69, 9.17) is 9.47 Å². The average Bonchev–Trinajstić information content (AvgIpc) is 1.74. The molecule has 0 aromatic heterocycles. The Balaban J connectivity index is 4.59. The van der Waals surface area contributed by atoms with E-state index in [9.17, 15) is 0 Å². The van der Waals surface area contributed by atoms with E-state index in [2.05, 4.69) is 12.2 Å². The van der Waals surface area contributed by atoms with E-state index in [0.717, 1.165) is 16.8 Å². The molecule has 0 aromatic rings. The zero-order chi connectivity index (χ0) is 12.3. The minimum absolute atomic E-state index is 0.199. The highest BCUT2D eigenvalue weighted by Gasteiger charge is 2.34. The second-order valence-electron chi connectivity index (χ2n) is 5.90. The smallest absolute Gasteiger partial charge is 0.195 e. The third kappa shape index (κ3) is 7.96. The van der Waals surface area contributed by atoms with Gasteiger partial charge in [-0.05, 0) is 48.1 Å². The predicted molar refractivity (Wildman–Crippen MR) is 68.0 cm³/mol. The zero-order valence-corrected chi connectivity index (χ0v) is 13.5. The van der Waals surface area contributed by atoms with E-state index >= 15 is 0 Å². The van der Waals surface area contributed by atoms with Crippen molar-refractivity contribution in [3.63, 3.8) is 0 Å². The van der Waals surface area contributed by atoms with Crippen LogP contribution in [0.4, 0.5) is 0 Å². The van der Waals surface area contributed by atoms with Crippen molar-refractivity contribution in [3.8, 4) is 0 Å². The van der Waals surface area contributed by atoms with Crippen LogP contribution in [-0.2, 0) is 9.47 Å². The molecular weight excluding hydrogens is 206 g/mol. The Morgan fingerprint density at radius 3 is 1.47 bits per heavy atom. The van der Waals surface area contributed by atoms with Gasteiger partial charge >= 0.3 is 0 Å². The summed E-state index contributed by atoms with van der Waals surface area (Å²) in [4.78, 5) is 0. The van der Waals surface area contributed by atoms with Crippen LogP contribution >= 0.6 is 0 Å². The van der Waals surface area contributed by atoms with Crippen LogP contribution in [0.15, 0.2) is 0 Å². The summed E-state index contributed by atoms with van der Waals surface area (Å²) in [5.74, 6) is 0. The molecule has 0 saturated heterocycles. The lowest BCUT2D eigenvalue weighted by molar-refractivity contribution is -0.277. The topological polar surface area (TPSA) is 30.5 Å². The van der Waals surface area contributed by atoms with Crippen molar-refractivity contribution in [1.82, 2.24) is 5.32 Å². The lowest BCUT2D eigenvalue weighted by atomic mass is 10.2. The molecule has 4 heteroatoms. The van der Waals surface area contributed by atoms with Crippen molar-refractivity contribution in [2.75, 3.05) is 6.54 Å². The van der Waals surface area contributed by atoms with Crippen molar-refractivity contribution < 1.29 is 9.47 Å². The minimum Gasteiger partial charge on any atom is -0.336 e. The SMILES string of the molecule is CCNC([SiH3])(OC(C)(C)C)OC(C)(C)C. The van der Waals surface area contributed by atoms with Crippen molar-refractivity contribution in [3.05, 3.63) is 0 Å². The fourth-order valence-corrected chi connectivity index (χ4v) is 3.16. The van der Waals surface area contributed by atoms with Gasteiger partial charge in [-0.25, -0.2) is 0 Å². The van der Waals surface area contributed by atoms with E-state index in [-0.39, 0.29) is 11.2 Å². The van der Waals surface area contributed by atoms with Crippen LogP contribution in [0.2, 0.25) is 0 Å². The monoisotopic (exact) mass is 233 g/mol. The van der Waals surface area contributed by atoms with Crippen LogP contribution < -0.4 is 5.32 Å². The first-order valence-corrected chi connectivity index (χ1v) is 6.63. The van der Waals surface area contributed by atoms with Crippen LogP contribution in [-0.4, -0.2) is 33.5 Å². The quantitative estimate of drug-likeness (QED) is 0.585. The van der Waals surface area contributed by atoms with Gasteiger partial charge in [0.2, 0.25) is 0 Å². The summed E-state index contributed by atoms with van der Waals surface area (Å²) in [7, 11) is 0.784. The number of nitrogens with one attached hydrogen (secondary N) is 1. The zero-order valence-electron chi connectivity index (χ0n) is 11.5. The maximum absolute atomic E-state index is 5.97. The summed E-state index contributed by atoms with van der Waals surface area (Å²) in [6.07, 6.45) is 0. The normalized spacial score (nSPS) is 14.6. The molecule has 92 valence electrons. The van der Waals surface area contributed by atoms with E-state index in [1.807, 2.05) is 41.5 Å². The number of hydrogen-bond donors (Lipinski definition) is 1. The van der Waals surface area contributed by atoms with Crippen molar-refractivity contribution >= 4 is 10.2 Å². The van der Waals surface area contributed by atoms with Crippen molar-refractivity contribution in [2.24, 2.45) is 0 Å². The molecule has 3 nitrogen and oxygen atoms in total. The highest BCUT2D eigenvalue weighted by Crippen LogP contribution is 2.22. The van der Waals surface area contributed by atoms with Crippen LogP contribution in [0.1, 0.15) is 48.5 Å². The third-order valence-corrected chi connectivity index (χ3v) is 2.26. The fourth-order valence-electron chi connectivity index (χ4n) is 1.58. The Morgan fingerprint density at radius 2 is 1.27 bits per heavy atom. The molecule has 0 aliphatic heterocycles. The molecule has 0 rings (SSSR count). The molecule has 0 aliphatic carbocycles. The van der Waals surface area contributed by atoms with E-state index in [0.29, 0.717) is 0 Å². The van der Waals surface area contributed by atoms with Gasteiger partial charge in [-0.1, -0.05) is 6.92 Å². The summed E-state index contributed by atoms with van der Waals surface area (Å²) < 4.78 is 11.9. The summed E-state index contributed by atoms with van der Waals surface area (Å²) in [6.45, 7) is 15.2. The number of hydrogen-bond acceptors (Lipinski definition) is 3. The third-order valence-electron chi connectivity index (χ3n) is 1.50. The second-order valence-corrected chi connectivity index (χ2v) is 7.22. The van der Waals surface area contributed by atoms with Crippen LogP contribution in [0.25, 0.3) is 0 Å². The maximum Gasteiger partial charge on any atom is 0.195 e. The summed E-state index contributed by atoms with van der Waals surface area (Å²) in [6, 6.07) is 0. The molecule has 0 aromatic carbocycles. The Morgan fingerprint density at radius 1 is 0.933 bits per heavy atom. The van der Waals surface area contributed by atoms with Gasteiger partial charge in [-0.15, -0.1) is 0 Å².